The lowest BCUT2D eigenvalue weighted by atomic mass is 9.97. The summed E-state index contributed by atoms with van der Waals surface area (Å²) in [6.45, 7) is 4.67. The molecule has 1 amide bonds. The second-order valence-electron chi connectivity index (χ2n) is 6.84. The minimum atomic E-state index is -4.42. The van der Waals surface area contributed by atoms with E-state index >= 15 is 0 Å². The van der Waals surface area contributed by atoms with Gasteiger partial charge in [-0.1, -0.05) is 30.3 Å². The zero-order valence-electron chi connectivity index (χ0n) is 15.6. The number of hydrogen-bond donors (Lipinski definition) is 1. The van der Waals surface area contributed by atoms with E-state index in [1.54, 1.807) is 0 Å². The van der Waals surface area contributed by atoms with Crippen LogP contribution in [0.4, 0.5) is 13.2 Å². The van der Waals surface area contributed by atoms with Crippen molar-refractivity contribution in [1.82, 2.24) is 10.2 Å². The van der Waals surface area contributed by atoms with E-state index in [1.165, 1.54) is 12.1 Å². The quantitative estimate of drug-likeness (QED) is 0.839. The normalized spacial score (nSPS) is 17.7. The highest BCUT2D eigenvalue weighted by molar-refractivity contribution is 5.94. The zero-order valence-corrected chi connectivity index (χ0v) is 15.6. The summed E-state index contributed by atoms with van der Waals surface area (Å²) in [5.74, 6) is -0.393. The standard InChI is InChI=1S/C21H23F3N2O2/c1-15(25-20(27)17-7-9-18(10-8-17)21(22,23)24)19(16-5-3-2-4-6-16)26-11-13-28-14-12-26/h2-10,15,19H,11-14H2,1H3,(H,25,27)/t15-,19-/m0/s1. The van der Waals surface area contributed by atoms with Crippen LogP contribution in [0.15, 0.2) is 54.6 Å². The summed E-state index contributed by atoms with van der Waals surface area (Å²) in [5, 5.41) is 2.95. The SMILES string of the molecule is C[C@H](NC(=O)c1ccc(C(F)(F)F)cc1)[C@@H](c1ccccc1)N1CCOCC1. The number of amides is 1. The third kappa shape index (κ3) is 4.91. The molecule has 1 N–H and O–H groups in total. The lowest BCUT2D eigenvalue weighted by Gasteiger charge is -2.38. The summed E-state index contributed by atoms with van der Waals surface area (Å²) in [6, 6.07) is 13.8. The number of ether oxygens (including phenoxy) is 1. The fourth-order valence-electron chi connectivity index (χ4n) is 3.50. The zero-order chi connectivity index (χ0) is 20.1. The summed E-state index contributed by atoms with van der Waals surface area (Å²) in [6.07, 6.45) is -4.42. The molecular formula is C21H23F3N2O2. The summed E-state index contributed by atoms with van der Waals surface area (Å²) >= 11 is 0. The van der Waals surface area contributed by atoms with Crippen molar-refractivity contribution in [2.45, 2.75) is 25.2 Å². The monoisotopic (exact) mass is 392 g/mol. The first-order valence-electron chi connectivity index (χ1n) is 9.21. The number of nitrogens with one attached hydrogen (secondary N) is 1. The molecule has 0 saturated carbocycles. The van der Waals surface area contributed by atoms with Gasteiger partial charge in [-0.15, -0.1) is 0 Å². The highest BCUT2D eigenvalue weighted by Crippen LogP contribution is 2.29. The van der Waals surface area contributed by atoms with E-state index < -0.39 is 17.6 Å². The molecule has 2 aromatic rings. The summed E-state index contributed by atoms with van der Waals surface area (Å²) in [5.41, 5.74) is 0.505. The molecule has 2 atom stereocenters. The molecule has 28 heavy (non-hydrogen) atoms. The molecule has 7 heteroatoms. The van der Waals surface area contributed by atoms with Crippen LogP contribution in [0, 0.1) is 0 Å². The number of hydrogen-bond acceptors (Lipinski definition) is 3. The summed E-state index contributed by atoms with van der Waals surface area (Å²) in [7, 11) is 0. The van der Waals surface area contributed by atoms with Crippen molar-refractivity contribution in [2.24, 2.45) is 0 Å². The van der Waals surface area contributed by atoms with Gasteiger partial charge in [0.05, 0.1) is 24.8 Å². The Bertz CT molecular complexity index is 772. The molecule has 0 bridgehead atoms. The van der Waals surface area contributed by atoms with Crippen LogP contribution in [0.2, 0.25) is 0 Å². The third-order valence-electron chi connectivity index (χ3n) is 4.89. The van der Waals surface area contributed by atoms with Crippen molar-refractivity contribution in [3.8, 4) is 0 Å². The summed E-state index contributed by atoms with van der Waals surface area (Å²) in [4.78, 5) is 14.9. The third-order valence-corrected chi connectivity index (χ3v) is 4.89. The molecule has 2 aromatic carbocycles. The first-order chi connectivity index (χ1) is 13.4. The Kier molecular flexibility index (Phi) is 6.36. The van der Waals surface area contributed by atoms with Crippen LogP contribution >= 0.6 is 0 Å². The van der Waals surface area contributed by atoms with Gasteiger partial charge in [0.15, 0.2) is 0 Å². The van der Waals surface area contributed by atoms with Gasteiger partial charge in [0.25, 0.3) is 5.91 Å². The van der Waals surface area contributed by atoms with Gasteiger partial charge < -0.3 is 10.1 Å². The van der Waals surface area contributed by atoms with Crippen molar-refractivity contribution in [3.63, 3.8) is 0 Å². The lowest BCUT2D eigenvalue weighted by Crippen LogP contribution is -2.48. The highest BCUT2D eigenvalue weighted by Gasteiger charge is 2.31. The Labute approximate surface area is 162 Å². The fourth-order valence-corrected chi connectivity index (χ4v) is 3.50. The molecule has 0 radical (unpaired) electrons. The second-order valence-corrected chi connectivity index (χ2v) is 6.84. The van der Waals surface area contributed by atoms with E-state index in [0.29, 0.717) is 13.2 Å². The molecule has 1 aliphatic rings. The Morgan fingerprint density at radius 1 is 1.04 bits per heavy atom. The molecule has 1 fully saturated rings. The van der Waals surface area contributed by atoms with Gasteiger partial charge in [-0.25, -0.2) is 0 Å². The van der Waals surface area contributed by atoms with Gasteiger partial charge in [-0.05, 0) is 36.8 Å². The number of halogens is 3. The minimum absolute atomic E-state index is 0.0523. The van der Waals surface area contributed by atoms with Crippen LogP contribution in [-0.2, 0) is 10.9 Å². The molecular weight excluding hydrogens is 369 g/mol. The fraction of sp³-hybridized carbons (Fsp3) is 0.381. The topological polar surface area (TPSA) is 41.6 Å². The van der Waals surface area contributed by atoms with E-state index in [9.17, 15) is 18.0 Å². The van der Waals surface area contributed by atoms with Gasteiger partial charge in [-0.2, -0.15) is 13.2 Å². The lowest BCUT2D eigenvalue weighted by molar-refractivity contribution is -0.137. The smallest absolute Gasteiger partial charge is 0.379 e. The van der Waals surface area contributed by atoms with E-state index in [0.717, 1.165) is 30.8 Å². The van der Waals surface area contributed by atoms with Crippen molar-refractivity contribution >= 4 is 5.91 Å². The number of alkyl halides is 3. The van der Waals surface area contributed by atoms with Crippen LogP contribution in [0.3, 0.4) is 0 Å². The minimum Gasteiger partial charge on any atom is -0.379 e. The van der Waals surface area contributed by atoms with Crippen LogP contribution in [-0.4, -0.2) is 43.2 Å². The van der Waals surface area contributed by atoms with Crippen LogP contribution in [0.5, 0.6) is 0 Å². The summed E-state index contributed by atoms with van der Waals surface area (Å²) < 4.78 is 43.6. The highest BCUT2D eigenvalue weighted by atomic mass is 19.4. The molecule has 0 aromatic heterocycles. The van der Waals surface area contributed by atoms with E-state index in [1.807, 2.05) is 37.3 Å². The largest absolute Gasteiger partial charge is 0.416 e. The first kappa shape index (κ1) is 20.4. The Morgan fingerprint density at radius 2 is 1.64 bits per heavy atom. The van der Waals surface area contributed by atoms with Crippen LogP contribution in [0.1, 0.15) is 34.5 Å². The number of carbonyl (C=O) groups is 1. The van der Waals surface area contributed by atoms with Crippen molar-refractivity contribution in [2.75, 3.05) is 26.3 Å². The maximum atomic E-state index is 12.7. The predicted octanol–water partition coefficient (Wildman–Crippen LogP) is 3.90. The number of carbonyl (C=O) groups excluding carboxylic acids is 1. The van der Waals surface area contributed by atoms with Gasteiger partial charge in [0.1, 0.15) is 0 Å². The van der Waals surface area contributed by atoms with E-state index in [-0.39, 0.29) is 17.6 Å². The Hall–Kier alpha value is -2.38. The first-order valence-corrected chi connectivity index (χ1v) is 9.21. The van der Waals surface area contributed by atoms with Gasteiger partial charge in [-0.3, -0.25) is 9.69 Å². The molecule has 0 unspecified atom stereocenters. The molecule has 1 saturated heterocycles. The molecule has 3 rings (SSSR count). The van der Waals surface area contributed by atoms with E-state index in [4.69, 9.17) is 4.74 Å². The van der Waals surface area contributed by atoms with Crippen molar-refractivity contribution < 1.29 is 22.7 Å². The number of morpholine rings is 1. The Balaban J connectivity index is 1.75. The average molecular weight is 392 g/mol. The predicted molar refractivity (Wildman–Crippen MR) is 99.9 cm³/mol. The number of rotatable bonds is 5. The second kappa shape index (κ2) is 8.75. The Morgan fingerprint density at radius 3 is 2.21 bits per heavy atom. The molecule has 1 heterocycles. The molecule has 0 aliphatic carbocycles. The van der Waals surface area contributed by atoms with E-state index in [2.05, 4.69) is 10.2 Å². The van der Waals surface area contributed by atoms with Gasteiger partial charge >= 0.3 is 6.18 Å². The maximum absolute atomic E-state index is 12.7. The molecule has 150 valence electrons. The molecule has 4 nitrogen and oxygen atoms in total. The average Bonchev–Trinajstić information content (AvgIpc) is 2.69. The van der Waals surface area contributed by atoms with Crippen molar-refractivity contribution in [1.29, 1.82) is 0 Å². The van der Waals surface area contributed by atoms with Crippen LogP contribution in [0.25, 0.3) is 0 Å². The van der Waals surface area contributed by atoms with Gasteiger partial charge in [0, 0.05) is 24.7 Å². The molecule has 0 spiro atoms. The van der Waals surface area contributed by atoms with Crippen molar-refractivity contribution in [3.05, 3.63) is 71.3 Å². The van der Waals surface area contributed by atoms with Crippen LogP contribution < -0.4 is 5.32 Å². The number of benzene rings is 2. The number of nitrogens with zero attached hydrogens (tertiary/aromatic N) is 1. The maximum Gasteiger partial charge on any atom is 0.416 e. The molecule has 1 aliphatic heterocycles. The van der Waals surface area contributed by atoms with Gasteiger partial charge in [0.2, 0.25) is 0 Å².